The Morgan fingerprint density at radius 2 is 1.90 bits per heavy atom. The average molecular weight is 422 g/mol. The van der Waals surface area contributed by atoms with Gasteiger partial charge in [-0.2, -0.15) is 0 Å². The van der Waals surface area contributed by atoms with E-state index in [-0.39, 0.29) is 0 Å². The highest BCUT2D eigenvalue weighted by atomic mass is 16.7. The number of benzene rings is 1. The van der Waals surface area contributed by atoms with Crippen LogP contribution in [0.15, 0.2) is 42.7 Å². The maximum Gasteiger partial charge on any atom is 0.231 e. The van der Waals surface area contributed by atoms with Crippen molar-refractivity contribution in [2.75, 3.05) is 26.4 Å². The molecule has 31 heavy (non-hydrogen) atoms. The van der Waals surface area contributed by atoms with Crippen LogP contribution in [0.5, 0.6) is 11.5 Å². The molecule has 0 bridgehead atoms. The first-order valence-electron chi connectivity index (χ1n) is 12.1. The number of likely N-dealkylation sites (tertiary alicyclic amines) is 1. The fourth-order valence-electron chi connectivity index (χ4n) is 5.68. The van der Waals surface area contributed by atoms with Gasteiger partial charge in [0, 0.05) is 50.2 Å². The van der Waals surface area contributed by atoms with Gasteiger partial charge in [-0.05, 0) is 55.8 Å². The third kappa shape index (κ3) is 5.21. The molecule has 5 rings (SSSR count). The second-order valence-electron chi connectivity index (χ2n) is 9.48. The van der Waals surface area contributed by atoms with Gasteiger partial charge in [-0.15, -0.1) is 0 Å². The van der Waals surface area contributed by atoms with Crippen LogP contribution in [-0.2, 0) is 13.1 Å². The Labute approximate surface area is 186 Å². The third-order valence-electron chi connectivity index (χ3n) is 7.16. The van der Waals surface area contributed by atoms with E-state index in [1.54, 1.807) is 0 Å². The predicted molar refractivity (Wildman–Crippen MR) is 122 cm³/mol. The molecule has 1 aliphatic carbocycles. The van der Waals surface area contributed by atoms with Crippen LogP contribution in [-0.4, -0.2) is 47.3 Å². The van der Waals surface area contributed by atoms with Crippen molar-refractivity contribution in [2.45, 2.75) is 64.1 Å². The molecule has 3 heterocycles. The quantitative estimate of drug-likeness (QED) is 0.638. The molecule has 166 valence electrons. The topological polar surface area (TPSA) is 37.8 Å². The Bertz CT molecular complexity index is 838. The maximum atomic E-state index is 5.80. The van der Waals surface area contributed by atoms with Gasteiger partial charge in [0.2, 0.25) is 6.79 Å². The van der Waals surface area contributed by atoms with Crippen molar-refractivity contribution >= 4 is 0 Å². The van der Waals surface area contributed by atoms with Crippen molar-refractivity contribution in [2.24, 2.45) is 5.92 Å². The molecule has 3 aliphatic rings. The van der Waals surface area contributed by atoms with E-state index >= 15 is 0 Å². The second-order valence-corrected chi connectivity index (χ2v) is 9.48. The number of pyridine rings is 1. The third-order valence-corrected chi connectivity index (χ3v) is 7.16. The Balaban J connectivity index is 1.29. The molecular weight excluding hydrogens is 386 g/mol. The number of hydrogen-bond acceptors (Lipinski definition) is 5. The molecular formula is C26H35N3O2. The van der Waals surface area contributed by atoms with Gasteiger partial charge in [-0.3, -0.25) is 9.88 Å². The van der Waals surface area contributed by atoms with Gasteiger partial charge in [0.25, 0.3) is 0 Å². The van der Waals surface area contributed by atoms with Crippen LogP contribution in [0.1, 0.15) is 56.1 Å². The number of fused-ring (bicyclic) bond motifs is 1. The molecule has 5 nitrogen and oxygen atoms in total. The number of ether oxygens (including phenoxy) is 2. The largest absolute Gasteiger partial charge is 0.454 e. The summed E-state index contributed by atoms with van der Waals surface area (Å²) in [7, 11) is 0. The van der Waals surface area contributed by atoms with E-state index in [4.69, 9.17) is 9.47 Å². The molecule has 0 spiro atoms. The summed E-state index contributed by atoms with van der Waals surface area (Å²) in [5.74, 6) is 2.52. The van der Waals surface area contributed by atoms with Gasteiger partial charge in [-0.1, -0.05) is 37.5 Å². The summed E-state index contributed by atoms with van der Waals surface area (Å²) in [6.07, 6.45) is 13.6. The van der Waals surface area contributed by atoms with Crippen molar-refractivity contribution in [1.29, 1.82) is 0 Å². The van der Waals surface area contributed by atoms with Crippen LogP contribution in [0.4, 0.5) is 0 Å². The van der Waals surface area contributed by atoms with E-state index in [2.05, 4.69) is 33.0 Å². The molecule has 2 fully saturated rings. The molecule has 0 radical (unpaired) electrons. The molecule has 2 aliphatic heterocycles. The first kappa shape index (κ1) is 20.8. The fraction of sp³-hybridized carbons (Fsp3) is 0.577. The van der Waals surface area contributed by atoms with Crippen molar-refractivity contribution in [1.82, 2.24) is 14.8 Å². The molecule has 0 amide bonds. The number of piperidine rings is 1. The molecule has 1 saturated heterocycles. The predicted octanol–water partition coefficient (Wildman–Crippen LogP) is 4.86. The zero-order valence-electron chi connectivity index (χ0n) is 18.5. The number of hydrogen-bond donors (Lipinski definition) is 0. The van der Waals surface area contributed by atoms with Gasteiger partial charge in [0.05, 0.1) is 0 Å². The van der Waals surface area contributed by atoms with Gasteiger partial charge < -0.3 is 14.4 Å². The maximum absolute atomic E-state index is 5.80. The first-order chi connectivity index (χ1) is 15.3. The lowest BCUT2D eigenvalue weighted by atomic mass is 9.90. The van der Waals surface area contributed by atoms with Crippen molar-refractivity contribution in [3.05, 3.63) is 53.9 Å². The summed E-state index contributed by atoms with van der Waals surface area (Å²) in [5.41, 5.74) is 2.49. The lowest BCUT2D eigenvalue weighted by molar-refractivity contribution is 0.0769. The Hall–Kier alpha value is -2.11. The first-order valence-corrected chi connectivity index (χ1v) is 12.1. The fourth-order valence-corrected chi connectivity index (χ4v) is 5.68. The lowest BCUT2D eigenvalue weighted by Crippen LogP contribution is -2.46. The van der Waals surface area contributed by atoms with Gasteiger partial charge in [0.15, 0.2) is 11.5 Å². The van der Waals surface area contributed by atoms with Crippen molar-refractivity contribution in [3.8, 4) is 11.5 Å². The standard InChI is InChI=1S/C26H35N3O2/c1-2-10-24(11-3-1)29-14-6-8-22(18-29)17-28(16-21-7-5-13-27-15-21)19-23-9-4-12-25-26(23)31-20-30-25/h4-5,7,9,12-13,15,22,24H,1-3,6,8,10-11,14,16-20H2/t22-/m1/s1. The van der Waals surface area contributed by atoms with E-state index in [9.17, 15) is 0 Å². The normalized spacial score (nSPS) is 22.2. The Kier molecular flexibility index (Phi) is 6.71. The van der Waals surface area contributed by atoms with Crippen LogP contribution < -0.4 is 9.47 Å². The Morgan fingerprint density at radius 1 is 0.968 bits per heavy atom. The highest BCUT2D eigenvalue weighted by molar-refractivity contribution is 5.48. The van der Waals surface area contributed by atoms with E-state index < -0.39 is 0 Å². The van der Waals surface area contributed by atoms with Crippen LogP contribution in [0, 0.1) is 5.92 Å². The molecule has 5 heteroatoms. The number of rotatable bonds is 7. The summed E-state index contributed by atoms with van der Waals surface area (Å²) in [4.78, 5) is 9.74. The number of para-hydroxylation sites is 1. The molecule has 1 aromatic carbocycles. The molecule has 0 unspecified atom stereocenters. The minimum atomic E-state index is 0.327. The zero-order chi connectivity index (χ0) is 20.9. The second kappa shape index (κ2) is 10.0. The number of aromatic nitrogens is 1. The smallest absolute Gasteiger partial charge is 0.231 e. The van der Waals surface area contributed by atoms with Crippen LogP contribution in [0.25, 0.3) is 0 Å². The highest BCUT2D eigenvalue weighted by Crippen LogP contribution is 2.36. The van der Waals surface area contributed by atoms with E-state index in [1.807, 2.05) is 24.5 Å². The van der Waals surface area contributed by atoms with Crippen molar-refractivity contribution < 1.29 is 9.47 Å². The summed E-state index contributed by atoms with van der Waals surface area (Å²) < 4.78 is 11.4. The minimum absolute atomic E-state index is 0.327. The monoisotopic (exact) mass is 421 g/mol. The molecule has 1 atom stereocenters. The summed E-state index contributed by atoms with van der Waals surface area (Å²) in [5, 5.41) is 0. The van der Waals surface area contributed by atoms with Gasteiger partial charge in [0.1, 0.15) is 0 Å². The summed E-state index contributed by atoms with van der Waals surface area (Å²) in [6.45, 7) is 5.78. The average Bonchev–Trinajstić information content (AvgIpc) is 3.31. The van der Waals surface area contributed by atoms with Gasteiger partial charge >= 0.3 is 0 Å². The van der Waals surface area contributed by atoms with Crippen LogP contribution in [0.3, 0.4) is 0 Å². The SMILES string of the molecule is c1cncc(CN(Cc2cccc3c2OCO3)C[C@H]2CCCN(C3CCCCC3)C2)c1. The van der Waals surface area contributed by atoms with Gasteiger partial charge in [-0.25, -0.2) is 0 Å². The van der Waals surface area contributed by atoms with E-state index in [0.717, 1.165) is 43.1 Å². The molecule has 0 N–H and O–H groups in total. The van der Waals surface area contributed by atoms with E-state index in [1.165, 1.54) is 69.2 Å². The summed E-state index contributed by atoms with van der Waals surface area (Å²) >= 11 is 0. The Morgan fingerprint density at radius 3 is 2.77 bits per heavy atom. The minimum Gasteiger partial charge on any atom is -0.454 e. The zero-order valence-corrected chi connectivity index (χ0v) is 18.5. The summed E-state index contributed by atoms with van der Waals surface area (Å²) in [6, 6.07) is 11.3. The molecule has 1 aromatic heterocycles. The lowest BCUT2D eigenvalue weighted by Gasteiger charge is -2.41. The molecule has 1 saturated carbocycles. The highest BCUT2D eigenvalue weighted by Gasteiger charge is 2.28. The number of nitrogens with zero attached hydrogens (tertiary/aromatic N) is 3. The van der Waals surface area contributed by atoms with Crippen LogP contribution in [0.2, 0.25) is 0 Å². The van der Waals surface area contributed by atoms with E-state index in [0.29, 0.717) is 6.79 Å². The van der Waals surface area contributed by atoms with Crippen molar-refractivity contribution in [3.63, 3.8) is 0 Å². The molecule has 2 aromatic rings. The van der Waals surface area contributed by atoms with Crippen LogP contribution >= 0.6 is 0 Å².